The van der Waals surface area contributed by atoms with Gasteiger partial charge in [-0.15, -0.1) is 69.7 Å². The summed E-state index contributed by atoms with van der Waals surface area (Å²) < 4.78 is 0. The molecule has 0 aromatic heterocycles. The van der Waals surface area contributed by atoms with Crippen LogP contribution in [0.3, 0.4) is 0 Å². The summed E-state index contributed by atoms with van der Waals surface area (Å²) in [5.74, 6) is -1.76. The smallest absolute Gasteiger partial charge is 0.480 e. The molecule has 10 aromatic rings. The van der Waals surface area contributed by atoms with Gasteiger partial charge >= 0.3 is 33.7 Å². The zero-order valence-corrected chi connectivity index (χ0v) is 39.5. The molecule has 6 heteroatoms. The van der Waals surface area contributed by atoms with E-state index >= 15 is 0 Å². The van der Waals surface area contributed by atoms with Gasteiger partial charge in [0.15, 0.2) is 0 Å². The summed E-state index contributed by atoms with van der Waals surface area (Å²) in [5.41, 5.74) is 2.09. The number of carboxylic acid groups (broad SMARTS) is 2. The molecule has 0 saturated heterocycles. The number of fused-ring (bicyclic) bond motifs is 2. The average Bonchev–Trinajstić information content (AvgIpc) is 4.01. The minimum atomic E-state index is -1.62. The van der Waals surface area contributed by atoms with E-state index in [9.17, 15) is 19.8 Å². The predicted octanol–water partition coefficient (Wildman–Crippen LogP) is 12.5. The van der Waals surface area contributed by atoms with Gasteiger partial charge in [-0.3, -0.25) is 9.59 Å². The number of carbonyl (C=O) groups is 2. The third-order valence-corrected chi connectivity index (χ3v) is 16.0. The van der Waals surface area contributed by atoms with Crippen LogP contribution in [0.4, 0.5) is 0 Å². The largest absolute Gasteiger partial charge is 2.00 e. The number of benzene rings is 8. The van der Waals surface area contributed by atoms with Gasteiger partial charge in [0.05, 0.1) is 8.07 Å². The number of hydrogen-bond acceptors (Lipinski definition) is 2. The van der Waals surface area contributed by atoms with Crippen LogP contribution in [0.25, 0.3) is 21.5 Å². The molecule has 0 aliphatic heterocycles. The van der Waals surface area contributed by atoms with Gasteiger partial charge in [-0.25, -0.2) is 0 Å². The number of hydrogen-bond donors (Lipinski definition) is 2. The van der Waals surface area contributed by atoms with Crippen molar-refractivity contribution >= 4 is 51.9 Å². The molecular formula is C60H50O4SiTi. The Morgan fingerprint density at radius 2 is 0.576 bits per heavy atom. The third-order valence-electron chi connectivity index (χ3n) is 12.6. The molecule has 0 aliphatic rings. The van der Waals surface area contributed by atoms with Gasteiger partial charge in [0.1, 0.15) is 10.8 Å². The van der Waals surface area contributed by atoms with Crippen molar-refractivity contribution in [2.24, 2.45) is 0 Å². The third kappa shape index (κ3) is 9.20. The normalized spacial score (nSPS) is 11.3. The maximum absolute atomic E-state index is 12.4. The Kier molecular flexibility index (Phi) is 14.7. The molecule has 0 atom stereocenters. The Balaban J connectivity index is 0.000000146. The average molecular weight is 911 g/mol. The van der Waals surface area contributed by atoms with Crippen molar-refractivity contribution in [3.8, 4) is 0 Å². The summed E-state index contributed by atoms with van der Waals surface area (Å²) >= 11 is 0. The molecule has 0 aliphatic carbocycles. The Bertz CT molecular complexity index is 2640. The molecule has 10 aromatic carbocycles. The molecule has 0 spiro atoms. The minimum absolute atomic E-state index is 0. The zero-order valence-electron chi connectivity index (χ0n) is 37.0. The fraction of sp³-hybridized carbons (Fsp3) is 0.0667. The summed E-state index contributed by atoms with van der Waals surface area (Å²) in [6.07, 6.45) is 0. The van der Waals surface area contributed by atoms with Crippen molar-refractivity contribution in [3.63, 3.8) is 0 Å². The second-order valence-electron chi connectivity index (χ2n) is 16.7. The van der Waals surface area contributed by atoms with Crippen LogP contribution >= 0.6 is 0 Å². The number of carboxylic acids is 2. The number of rotatable bonds is 10. The van der Waals surface area contributed by atoms with Gasteiger partial charge in [0, 0.05) is 0 Å². The summed E-state index contributed by atoms with van der Waals surface area (Å²) in [7, 11) is -1.62. The quantitative estimate of drug-likeness (QED) is 0.0814. The van der Waals surface area contributed by atoms with Gasteiger partial charge in [0.2, 0.25) is 0 Å². The van der Waals surface area contributed by atoms with Gasteiger partial charge in [-0.05, 0) is 33.4 Å². The van der Waals surface area contributed by atoms with E-state index in [1.807, 2.05) is 182 Å². The molecule has 0 heterocycles. The minimum Gasteiger partial charge on any atom is -0.480 e. The fourth-order valence-corrected chi connectivity index (χ4v) is 11.5. The summed E-state index contributed by atoms with van der Waals surface area (Å²) in [6, 6.07) is 83.2. The molecule has 322 valence electrons. The SMILES string of the molecule is C[Si](C)(c1cc2ccccc2[cH-]1)c1cc2ccccc2[cH-]1.O=C(O)C(c1ccccc1)(c1ccccc1)c1ccccc1.O=C(O)C(c1ccccc1)(c1ccccc1)c1ccccc1.[Ti+2]. The molecule has 0 radical (unpaired) electrons. The fourth-order valence-electron chi connectivity index (χ4n) is 9.06. The van der Waals surface area contributed by atoms with Crippen LogP contribution in [0.5, 0.6) is 0 Å². The van der Waals surface area contributed by atoms with Crippen LogP contribution in [-0.4, -0.2) is 30.2 Å². The summed E-state index contributed by atoms with van der Waals surface area (Å²) in [4.78, 5) is 24.8. The molecular weight excluding hydrogens is 861 g/mol. The first-order valence-corrected chi connectivity index (χ1v) is 24.8. The zero-order chi connectivity index (χ0) is 45.3. The van der Waals surface area contributed by atoms with Crippen LogP contribution in [0.2, 0.25) is 13.1 Å². The first-order chi connectivity index (χ1) is 31.7. The van der Waals surface area contributed by atoms with Crippen molar-refractivity contribution in [3.05, 3.63) is 288 Å². The molecule has 0 amide bonds. The van der Waals surface area contributed by atoms with Crippen LogP contribution in [0, 0.1) is 0 Å². The van der Waals surface area contributed by atoms with E-state index in [0.717, 1.165) is 33.4 Å². The van der Waals surface area contributed by atoms with E-state index in [0.29, 0.717) is 0 Å². The van der Waals surface area contributed by atoms with E-state index in [1.54, 1.807) is 0 Å². The van der Waals surface area contributed by atoms with Crippen molar-refractivity contribution in [1.82, 2.24) is 0 Å². The Hall–Kier alpha value is -7.15. The molecule has 10 rings (SSSR count). The predicted molar refractivity (Wildman–Crippen MR) is 270 cm³/mol. The second-order valence-corrected chi connectivity index (χ2v) is 21.1. The van der Waals surface area contributed by atoms with Crippen molar-refractivity contribution < 1.29 is 41.5 Å². The Labute approximate surface area is 403 Å². The topological polar surface area (TPSA) is 74.6 Å². The van der Waals surface area contributed by atoms with E-state index < -0.39 is 30.8 Å². The van der Waals surface area contributed by atoms with Gasteiger partial charge in [-0.2, -0.15) is 22.9 Å². The summed E-state index contributed by atoms with van der Waals surface area (Å²) in [6.45, 7) is 4.91. The summed E-state index contributed by atoms with van der Waals surface area (Å²) in [5, 5.41) is 28.9. The van der Waals surface area contributed by atoms with E-state index in [1.165, 1.54) is 31.9 Å². The second kappa shape index (κ2) is 20.8. The maximum Gasteiger partial charge on any atom is 2.00 e. The monoisotopic (exact) mass is 910 g/mol. The van der Waals surface area contributed by atoms with E-state index in [-0.39, 0.29) is 21.7 Å². The Morgan fingerprint density at radius 3 is 0.788 bits per heavy atom. The van der Waals surface area contributed by atoms with Gasteiger partial charge in [0.25, 0.3) is 0 Å². The standard InChI is InChI=1S/2C20H16O2.C20H18Si.Ti/c2*21-19(22)20(16-10-4-1-5-11-16,17-12-6-2-7-13-17)18-14-8-3-9-15-18;1-21(2,19-11-15-7-3-4-8-16(15)12-19)20-13-17-9-5-6-10-18(17)14-20;/h2*1-15H,(H,21,22);3-14H,1-2H3;/q;;-2;+2. The van der Waals surface area contributed by atoms with Crippen molar-refractivity contribution in [2.75, 3.05) is 0 Å². The maximum atomic E-state index is 12.4. The van der Waals surface area contributed by atoms with Crippen molar-refractivity contribution in [1.29, 1.82) is 0 Å². The van der Waals surface area contributed by atoms with Crippen LogP contribution in [0.1, 0.15) is 33.4 Å². The first-order valence-electron chi connectivity index (χ1n) is 21.8. The van der Waals surface area contributed by atoms with Crippen molar-refractivity contribution in [2.45, 2.75) is 23.9 Å². The Morgan fingerprint density at radius 1 is 0.364 bits per heavy atom. The molecule has 2 N–H and O–H groups in total. The molecule has 4 nitrogen and oxygen atoms in total. The number of aliphatic carboxylic acids is 2. The van der Waals surface area contributed by atoms with Gasteiger partial charge in [-0.1, -0.05) is 207 Å². The van der Waals surface area contributed by atoms with Crippen LogP contribution < -0.4 is 10.4 Å². The van der Waals surface area contributed by atoms with Crippen LogP contribution in [-0.2, 0) is 42.1 Å². The van der Waals surface area contributed by atoms with E-state index in [4.69, 9.17) is 0 Å². The molecule has 0 fully saturated rings. The molecule has 0 saturated carbocycles. The molecule has 0 bridgehead atoms. The first kappa shape index (κ1) is 46.8. The molecule has 0 unspecified atom stereocenters. The van der Waals surface area contributed by atoms with E-state index in [2.05, 4.69) is 85.9 Å². The van der Waals surface area contributed by atoms with Crippen LogP contribution in [0.15, 0.2) is 255 Å². The molecule has 66 heavy (non-hydrogen) atoms. The van der Waals surface area contributed by atoms with Gasteiger partial charge < -0.3 is 10.2 Å².